The van der Waals surface area contributed by atoms with Crippen LogP contribution in [0.25, 0.3) is 10.9 Å². The molecule has 19 heavy (non-hydrogen) atoms. The molecule has 1 aromatic carbocycles. The normalized spacial score (nSPS) is 11.1. The van der Waals surface area contributed by atoms with E-state index in [1.165, 1.54) is 10.9 Å². The molecule has 4 heteroatoms. The third-order valence-electron chi connectivity index (χ3n) is 2.93. The number of amides is 1. The van der Waals surface area contributed by atoms with Gasteiger partial charge in [-0.2, -0.15) is 0 Å². The third-order valence-corrected chi connectivity index (χ3v) is 2.93. The van der Waals surface area contributed by atoms with Crippen LogP contribution in [0, 0.1) is 0 Å². The number of aromatic nitrogens is 1. The summed E-state index contributed by atoms with van der Waals surface area (Å²) in [7, 11) is 0. The van der Waals surface area contributed by atoms with Crippen molar-refractivity contribution < 1.29 is 4.79 Å². The molecule has 102 valence electrons. The van der Waals surface area contributed by atoms with Crippen molar-refractivity contribution in [2.24, 2.45) is 0 Å². The van der Waals surface area contributed by atoms with Gasteiger partial charge in [0.15, 0.2) is 0 Å². The van der Waals surface area contributed by atoms with Gasteiger partial charge >= 0.3 is 0 Å². The van der Waals surface area contributed by atoms with E-state index in [1.54, 1.807) is 0 Å². The summed E-state index contributed by atoms with van der Waals surface area (Å²) < 4.78 is 0. The Morgan fingerprint density at radius 3 is 2.95 bits per heavy atom. The van der Waals surface area contributed by atoms with Crippen LogP contribution >= 0.6 is 0 Å². The van der Waals surface area contributed by atoms with E-state index in [-0.39, 0.29) is 11.9 Å². The average molecular weight is 259 g/mol. The maximum atomic E-state index is 11.4. The molecule has 0 aliphatic carbocycles. The minimum atomic E-state index is 0.0994. The maximum absolute atomic E-state index is 11.4. The van der Waals surface area contributed by atoms with Crippen LogP contribution in [0.5, 0.6) is 0 Å². The van der Waals surface area contributed by atoms with Gasteiger partial charge in [-0.05, 0) is 36.9 Å². The smallest absolute Gasteiger partial charge is 0.221 e. The highest BCUT2D eigenvalue weighted by molar-refractivity contribution is 5.79. The van der Waals surface area contributed by atoms with E-state index in [9.17, 15) is 4.79 Å². The van der Waals surface area contributed by atoms with Gasteiger partial charge < -0.3 is 15.6 Å². The number of fused-ring (bicyclic) bond motifs is 1. The molecule has 0 aliphatic heterocycles. The summed E-state index contributed by atoms with van der Waals surface area (Å²) in [4.78, 5) is 14.6. The molecule has 2 rings (SSSR count). The van der Waals surface area contributed by atoms with Crippen molar-refractivity contribution in [3.8, 4) is 0 Å². The molecule has 0 unspecified atom stereocenters. The van der Waals surface area contributed by atoms with E-state index in [0.717, 1.165) is 12.1 Å². The van der Waals surface area contributed by atoms with Gasteiger partial charge in [-0.15, -0.1) is 0 Å². The first kappa shape index (κ1) is 13.6. The zero-order chi connectivity index (χ0) is 13.7. The Morgan fingerprint density at radius 1 is 1.32 bits per heavy atom. The molecule has 4 nitrogen and oxygen atoms in total. The summed E-state index contributed by atoms with van der Waals surface area (Å²) >= 11 is 0. The molecule has 0 aliphatic rings. The second-order valence-corrected chi connectivity index (χ2v) is 5.05. The second kappa shape index (κ2) is 6.38. The lowest BCUT2D eigenvalue weighted by atomic mass is 10.1. The summed E-state index contributed by atoms with van der Waals surface area (Å²) in [5.74, 6) is 0.0994. The first-order chi connectivity index (χ1) is 9.15. The van der Waals surface area contributed by atoms with Gasteiger partial charge in [0.25, 0.3) is 0 Å². The van der Waals surface area contributed by atoms with Crippen molar-refractivity contribution in [3.63, 3.8) is 0 Å². The van der Waals surface area contributed by atoms with Gasteiger partial charge in [-0.3, -0.25) is 4.79 Å². The van der Waals surface area contributed by atoms with Crippen LogP contribution < -0.4 is 10.6 Å². The number of benzene rings is 1. The molecule has 0 bridgehead atoms. The molecule has 0 saturated carbocycles. The lowest BCUT2D eigenvalue weighted by molar-refractivity contribution is -0.121. The Hall–Kier alpha value is -1.81. The predicted molar refractivity (Wildman–Crippen MR) is 77.9 cm³/mol. The molecular weight excluding hydrogens is 238 g/mol. The topological polar surface area (TPSA) is 56.9 Å². The van der Waals surface area contributed by atoms with Gasteiger partial charge in [0, 0.05) is 37.3 Å². The number of carbonyl (C=O) groups is 1. The Labute approximate surface area is 113 Å². The monoisotopic (exact) mass is 259 g/mol. The standard InChI is InChI=1S/C15H21N3O/c1-11(2)18-15(19)6-7-16-10-12-3-4-13-5-8-17-14(13)9-12/h3-5,8-9,11,16-17H,6-7,10H2,1-2H3,(H,18,19). The summed E-state index contributed by atoms with van der Waals surface area (Å²) in [6.07, 6.45) is 2.46. The number of H-pyrrole nitrogens is 1. The molecule has 0 radical (unpaired) electrons. The second-order valence-electron chi connectivity index (χ2n) is 5.05. The van der Waals surface area contributed by atoms with Crippen molar-refractivity contribution in [3.05, 3.63) is 36.0 Å². The van der Waals surface area contributed by atoms with Gasteiger partial charge in [0.05, 0.1) is 0 Å². The van der Waals surface area contributed by atoms with Crippen LogP contribution in [-0.4, -0.2) is 23.5 Å². The molecule has 0 fully saturated rings. The minimum absolute atomic E-state index is 0.0994. The van der Waals surface area contributed by atoms with Crippen LogP contribution in [-0.2, 0) is 11.3 Å². The van der Waals surface area contributed by atoms with E-state index in [2.05, 4.69) is 39.9 Å². The fraction of sp³-hybridized carbons (Fsp3) is 0.400. The Balaban J connectivity index is 1.74. The molecule has 1 aromatic heterocycles. The Bertz CT molecular complexity index is 545. The van der Waals surface area contributed by atoms with Crippen LogP contribution in [0.15, 0.2) is 30.5 Å². The van der Waals surface area contributed by atoms with Crippen LogP contribution in [0.4, 0.5) is 0 Å². The zero-order valence-corrected chi connectivity index (χ0v) is 11.5. The molecular formula is C15H21N3O. The van der Waals surface area contributed by atoms with Gasteiger partial charge in [-0.1, -0.05) is 12.1 Å². The number of rotatable bonds is 6. The van der Waals surface area contributed by atoms with Gasteiger partial charge in [-0.25, -0.2) is 0 Å². The summed E-state index contributed by atoms with van der Waals surface area (Å²) in [6.45, 7) is 5.42. The van der Waals surface area contributed by atoms with Crippen molar-refractivity contribution in [1.82, 2.24) is 15.6 Å². The van der Waals surface area contributed by atoms with Crippen molar-refractivity contribution >= 4 is 16.8 Å². The highest BCUT2D eigenvalue weighted by Gasteiger charge is 2.02. The fourth-order valence-corrected chi connectivity index (χ4v) is 2.03. The lowest BCUT2D eigenvalue weighted by Crippen LogP contribution is -2.32. The Morgan fingerprint density at radius 2 is 2.16 bits per heavy atom. The van der Waals surface area contributed by atoms with Crippen LogP contribution in [0.1, 0.15) is 25.8 Å². The first-order valence-electron chi connectivity index (χ1n) is 6.71. The molecule has 0 atom stereocenters. The molecule has 1 heterocycles. The SMILES string of the molecule is CC(C)NC(=O)CCNCc1ccc2cc[nH]c2c1. The van der Waals surface area contributed by atoms with E-state index in [1.807, 2.05) is 20.0 Å². The molecule has 3 N–H and O–H groups in total. The third kappa shape index (κ3) is 4.10. The number of hydrogen-bond acceptors (Lipinski definition) is 2. The highest BCUT2D eigenvalue weighted by atomic mass is 16.1. The van der Waals surface area contributed by atoms with Gasteiger partial charge in [0.2, 0.25) is 5.91 Å². The van der Waals surface area contributed by atoms with Crippen molar-refractivity contribution in [2.45, 2.75) is 32.9 Å². The zero-order valence-electron chi connectivity index (χ0n) is 11.5. The Kier molecular flexibility index (Phi) is 4.58. The van der Waals surface area contributed by atoms with Crippen LogP contribution in [0.3, 0.4) is 0 Å². The lowest BCUT2D eigenvalue weighted by Gasteiger charge is -2.09. The molecule has 0 saturated heterocycles. The van der Waals surface area contributed by atoms with E-state index < -0.39 is 0 Å². The van der Waals surface area contributed by atoms with Crippen molar-refractivity contribution in [2.75, 3.05) is 6.54 Å². The summed E-state index contributed by atoms with van der Waals surface area (Å²) in [5, 5.41) is 7.39. The van der Waals surface area contributed by atoms with Gasteiger partial charge in [0.1, 0.15) is 0 Å². The average Bonchev–Trinajstić information content (AvgIpc) is 2.81. The maximum Gasteiger partial charge on any atom is 0.221 e. The minimum Gasteiger partial charge on any atom is -0.361 e. The predicted octanol–water partition coefficient (Wildman–Crippen LogP) is 2.17. The first-order valence-corrected chi connectivity index (χ1v) is 6.71. The van der Waals surface area contributed by atoms with Crippen LogP contribution in [0.2, 0.25) is 0 Å². The number of carbonyl (C=O) groups excluding carboxylic acids is 1. The van der Waals surface area contributed by atoms with E-state index in [4.69, 9.17) is 0 Å². The molecule has 0 spiro atoms. The van der Waals surface area contributed by atoms with E-state index >= 15 is 0 Å². The van der Waals surface area contributed by atoms with Crippen molar-refractivity contribution in [1.29, 1.82) is 0 Å². The summed E-state index contributed by atoms with van der Waals surface area (Å²) in [6, 6.07) is 8.62. The summed E-state index contributed by atoms with van der Waals surface area (Å²) in [5.41, 5.74) is 2.37. The number of nitrogens with one attached hydrogen (secondary N) is 3. The molecule has 2 aromatic rings. The molecule has 1 amide bonds. The highest BCUT2D eigenvalue weighted by Crippen LogP contribution is 2.13. The number of hydrogen-bond donors (Lipinski definition) is 3. The van der Waals surface area contributed by atoms with E-state index in [0.29, 0.717) is 13.0 Å². The quantitative estimate of drug-likeness (QED) is 0.696. The fourth-order valence-electron chi connectivity index (χ4n) is 2.03. The largest absolute Gasteiger partial charge is 0.361 e. The number of aromatic amines is 1.